The molecule has 2 aliphatic heterocycles. The summed E-state index contributed by atoms with van der Waals surface area (Å²) in [5.41, 5.74) is 1.36. The number of morpholine rings is 1. The van der Waals surface area contributed by atoms with Gasteiger partial charge in [0.05, 0.1) is 13.2 Å². The van der Waals surface area contributed by atoms with Crippen LogP contribution in [0, 0.1) is 0 Å². The van der Waals surface area contributed by atoms with E-state index in [2.05, 4.69) is 18.2 Å². The third-order valence-corrected chi connectivity index (χ3v) is 3.43. The second kappa shape index (κ2) is 4.44. The monoisotopic (exact) mass is 220 g/mol. The van der Waals surface area contributed by atoms with Gasteiger partial charge in [-0.3, -0.25) is 0 Å². The topological polar surface area (TPSA) is 22.9 Å². The Balaban J connectivity index is 1.59. The summed E-state index contributed by atoms with van der Waals surface area (Å²) in [6, 6.07) is 8.38. The van der Waals surface area contributed by atoms with Gasteiger partial charge in [0.1, 0.15) is 25.4 Å². The summed E-state index contributed by atoms with van der Waals surface area (Å²) in [7, 11) is 0. The highest BCUT2D eigenvalue weighted by Crippen LogP contribution is 2.27. The van der Waals surface area contributed by atoms with Gasteiger partial charge >= 0.3 is 0 Å². The fourth-order valence-electron chi connectivity index (χ4n) is 2.55. The largest absolute Gasteiger partial charge is 0.484 e. The van der Waals surface area contributed by atoms with Crippen molar-refractivity contribution in [2.45, 2.75) is 12.5 Å². The minimum absolute atomic E-state index is 0.366. The molecule has 0 aromatic heterocycles. The van der Waals surface area contributed by atoms with Gasteiger partial charge in [0, 0.05) is 6.42 Å². The lowest BCUT2D eigenvalue weighted by atomic mass is 10.1. The molecule has 2 aliphatic rings. The minimum Gasteiger partial charge on any atom is -0.484 e. The Morgan fingerprint density at radius 1 is 1.19 bits per heavy atom. The molecule has 0 aliphatic carbocycles. The summed E-state index contributed by atoms with van der Waals surface area (Å²) in [4.78, 5) is 1.61. The Bertz CT molecular complexity index is 336. The first-order valence-electron chi connectivity index (χ1n) is 6.08. The molecule has 1 aromatic carbocycles. The van der Waals surface area contributed by atoms with Crippen LogP contribution in [-0.2, 0) is 11.2 Å². The second-order valence-electron chi connectivity index (χ2n) is 4.62. The van der Waals surface area contributed by atoms with Crippen LogP contribution in [0.4, 0.5) is 0 Å². The molecule has 3 rings (SSSR count). The van der Waals surface area contributed by atoms with Gasteiger partial charge in [0.25, 0.3) is 0 Å². The molecule has 3 nitrogen and oxygen atoms in total. The number of hydrogen-bond donors (Lipinski definition) is 1. The predicted octanol–water partition coefficient (Wildman–Crippen LogP) is -0.0948. The van der Waals surface area contributed by atoms with Crippen LogP contribution in [0.15, 0.2) is 24.3 Å². The van der Waals surface area contributed by atoms with Crippen molar-refractivity contribution in [2.24, 2.45) is 0 Å². The van der Waals surface area contributed by atoms with Crippen molar-refractivity contribution in [3.63, 3.8) is 0 Å². The molecule has 0 amide bonds. The summed E-state index contributed by atoms with van der Waals surface area (Å²) in [6.07, 6.45) is 1.44. The highest BCUT2D eigenvalue weighted by Gasteiger charge is 2.27. The zero-order valence-electron chi connectivity index (χ0n) is 9.45. The first-order chi connectivity index (χ1) is 7.92. The Hall–Kier alpha value is -1.06. The van der Waals surface area contributed by atoms with E-state index in [0.717, 1.165) is 45.0 Å². The lowest BCUT2D eigenvalue weighted by Gasteiger charge is -2.25. The SMILES string of the molecule is c1ccc2c(c1)CC(C[NH+]1CCOCC1)O2. The Kier molecular flexibility index (Phi) is 2.80. The number of rotatable bonds is 2. The van der Waals surface area contributed by atoms with Gasteiger partial charge in [0.2, 0.25) is 0 Å². The van der Waals surface area contributed by atoms with Crippen molar-refractivity contribution in [3.8, 4) is 5.75 Å². The molecule has 1 unspecified atom stereocenters. The molecular formula is C13H18NO2+. The quantitative estimate of drug-likeness (QED) is 0.752. The molecule has 1 aromatic rings. The predicted molar refractivity (Wildman–Crippen MR) is 60.9 cm³/mol. The van der Waals surface area contributed by atoms with E-state index in [9.17, 15) is 0 Å². The molecule has 0 bridgehead atoms. The number of fused-ring (bicyclic) bond motifs is 1. The van der Waals surface area contributed by atoms with Gasteiger partial charge in [-0.2, -0.15) is 0 Å². The van der Waals surface area contributed by atoms with Gasteiger partial charge in [-0.25, -0.2) is 0 Å². The van der Waals surface area contributed by atoms with Crippen LogP contribution >= 0.6 is 0 Å². The molecule has 2 heterocycles. The summed E-state index contributed by atoms with van der Waals surface area (Å²) in [5, 5.41) is 0. The van der Waals surface area contributed by atoms with Crippen molar-refractivity contribution in [2.75, 3.05) is 32.8 Å². The number of para-hydroxylation sites is 1. The Morgan fingerprint density at radius 3 is 2.81 bits per heavy atom. The van der Waals surface area contributed by atoms with E-state index in [0.29, 0.717) is 6.10 Å². The van der Waals surface area contributed by atoms with E-state index < -0.39 is 0 Å². The highest BCUT2D eigenvalue weighted by molar-refractivity contribution is 5.37. The zero-order chi connectivity index (χ0) is 10.8. The molecule has 1 N–H and O–H groups in total. The standard InChI is InChI=1S/C13H17NO2/c1-2-4-13-11(3-1)9-12(16-13)10-14-5-7-15-8-6-14/h1-4,12H,5-10H2/p+1. The van der Waals surface area contributed by atoms with Gasteiger partial charge < -0.3 is 14.4 Å². The van der Waals surface area contributed by atoms with Gasteiger partial charge in [-0.1, -0.05) is 18.2 Å². The Morgan fingerprint density at radius 2 is 2.00 bits per heavy atom. The van der Waals surface area contributed by atoms with Gasteiger partial charge in [-0.15, -0.1) is 0 Å². The second-order valence-corrected chi connectivity index (χ2v) is 4.62. The molecule has 0 saturated carbocycles. The maximum Gasteiger partial charge on any atom is 0.151 e. The van der Waals surface area contributed by atoms with E-state index in [-0.39, 0.29) is 0 Å². The van der Waals surface area contributed by atoms with E-state index in [4.69, 9.17) is 9.47 Å². The molecule has 0 spiro atoms. The van der Waals surface area contributed by atoms with Crippen molar-refractivity contribution >= 4 is 0 Å². The maximum absolute atomic E-state index is 5.95. The maximum atomic E-state index is 5.95. The number of ether oxygens (including phenoxy) is 2. The summed E-state index contributed by atoms with van der Waals surface area (Å²) >= 11 is 0. The number of quaternary nitrogens is 1. The van der Waals surface area contributed by atoms with Gasteiger partial charge in [-0.05, 0) is 11.6 Å². The van der Waals surface area contributed by atoms with Crippen molar-refractivity contribution in [1.29, 1.82) is 0 Å². The fraction of sp³-hybridized carbons (Fsp3) is 0.538. The first kappa shape index (κ1) is 10.1. The molecule has 0 radical (unpaired) electrons. The van der Waals surface area contributed by atoms with E-state index >= 15 is 0 Å². The molecule has 1 saturated heterocycles. The zero-order valence-corrected chi connectivity index (χ0v) is 9.45. The first-order valence-corrected chi connectivity index (χ1v) is 6.08. The minimum atomic E-state index is 0.366. The van der Waals surface area contributed by atoms with Crippen molar-refractivity contribution in [1.82, 2.24) is 0 Å². The molecule has 86 valence electrons. The average molecular weight is 220 g/mol. The van der Waals surface area contributed by atoms with Crippen molar-refractivity contribution in [3.05, 3.63) is 29.8 Å². The average Bonchev–Trinajstić information content (AvgIpc) is 2.72. The van der Waals surface area contributed by atoms with E-state index in [1.807, 2.05) is 6.07 Å². The fourth-order valence-corrected chi connectivity index (χ4v) is 2.55. The summed E-state index contributed by atoms with van der Waals surface area (Å²) in [6.45, 7) is 5.15. The summed E-state index contributed by atoms with van der Waals surface area (Å²) < 4.78 is 11.3. The normalized spacial score (nSPS) is 25.1. The lowest BCUT2D eigenvalue weighted by Crippen LogP contribution is -3.15. The Labute approximate surface area is 96.0 Å². The molecular weight excluding hydrogens is 202 g/mol. The van der Waals surface area contributed by atoms with Crippen LogP contribution in [-0.4, -0.2) is 39.0 Å². The van der Waals surface area contributed by atoms with Crippen LogP contribution in [0.25, 0.3) is 0 Å². The van der Waals surface area contributed by atoms with Crippen LogP contribution in [0.5, 0.6) is 5.75 Å². The van der Waals surface area contributed by atoms with Crippen molar-refractivity contribution < 1.29 is 14.4 Å². The third-order valence-electron chi connectivity index (χ3n) is 3.43. The van der Waals surface area contributed by atoms with Crippen LogP contribution in [0.3, 0.4) is 0 Å². The smallest absolute Gasteiger partial charge is 0.151 e. The third kappa shape index (κ3) is 2.06. The number of nitrogens with one attached hydrogen (secondary N) is 1. The number of benzene rings is 1. The van der Waals surface area contributed by atoms with Crippen LogP contribution in [0.1, 0.15) is 5.56 Å². The number of hydrogen-bond acceptors (Lipinski definition) is 2. The lowest BCUT2D eigenvalue weighted by molar-refractivity contribution is -0.910. The van der Waals surface area contributed by atoms with Crippen LogP contribution in [0.2, 0.25) is 0 Å². The molecule has 1 fully saturated rings. The highest BCUT2D eigenvalue weighted by atomic mass is 16.5. The van der Waals surface area contributed by atoms with Crippen LogP contribution < -0.4 is 9.64 Å². The molecule has 3 heteroatoms. The van der Waals surface area contributed by atoms with E-state index in [1.54, 1.807) is 4.90 Å². The summed E-state index contributed by atoms with van der Waals surface area (Å²) in [5.74, 6) is 1.08. The van der Waals surface area contributed by atoms with E-state index in [1.165, 1.54) is 5.56 Å². The molecule has 16 heavy (non-hydrogen) atoms. The molecule has 1 atom stereocenters. The van der Waals surface area contributed by atoms with Gasteiger partial charge in [0.15, 0.2) is 6.10 Å².